The van der Waals surface area contributed by atoms with Crippen molar-refractivity contribution in [2.45, 2.75) is 12.8 Å². The van der Waals surface area contributed by atoms with Gasteiger partial charge in [0.25, 0.3) is 0 Å². The Hall–Kier alpha value is -1.09. The topological polar surface area (TPSA) is 26.3 Å². The smallest absolute Gasteiger partial charge is 0.338 e. The van der Waals surface area contributed by atoms with Crippen molar-refractivity contribution in [3.63, 3.8) is 0 Å². The summed E-state index contributed by atoms with van der Waals surface area (Å²) in [7, 11) is 1.25. The second-order valence-electron chi connectivity index (χ2n) is 2.90. The Labute approximate surface area is 86.6 Å². The molecule has 4 heteroatoms. The number of halogens is 2. The van der Waals surface area contributed by atoms with Gasteiger partial charge in [-0.25, -0.2) is 9.18 Å². The van der Waals surface area contributed by atoms with E-state index in [1.807, 2.05) is 0 Å². The van der Waals surface area contributed by atoms with E-state index in [0.717, 1.165) is 0 Å². The summed E-state index contributed by atoms with van der Waals surface area (Å²) in [5.74, 6) is -1.08. The zero-order valence-electron chi connectivity index (χ0n) is 7.93. The summed E-state index contributed by atoms with van der Waals surface area (Å²) >= 11 is 5.54. The number of hydrogen-bond acceptors (Lipinski definition) is 2. The van der Waals surface area contributed by atoms with E-state index in [1.54, 1.807) is 13.0 Å². The van der Waals surface area contributed by atoms with Gasteiger partial charge in [0, 0.05) is 5.56 Å². The van der Waals surface area contributed by atoms with Gasteiger partial charge in [-0.1, -0.05) is 0 Å². The van der Waals surface area contributed by atoms with E-state index in [0.29, 0.717) is 5.56 Å². The van der Waals surface area contributed by atoms with Crippen LogP contribution >= 0.6 is 11.6 Å². The summed E-state index contributed by atoms with van der Waals surface area (Å²) < 4.78 is 17.8. The van der Waals surface area contributed by atoms with Crippen LogP contribution in [0.3, 0.4) is 0 Å². The van der Waals surface area contributed by atoms with Gasteiger partial charge in [-0.3, -0.25) is 0 Å². The zero-order valence-corrected chi connectivity index (χ0v) is 8.69. The van der Waals surface area contributed by atoms with Crippen LogP contribution in [-0.2, 0) is 10.6 Å². The van der Waals surface area contributed by atoms with Gasteiger partial charge in [0.2, 0.25) is 0 Å². The lowest BCUT2D eigenvalue weighted by Crippen LogP contribution is -2.07. The highest BCUT2D eigenvalue weighted by molar-refractivity contribution is 6.17. The van der Waals surface area contributed by atoms with E-state index in [-0.39, 0.29) is 17.0 Å². The predicted molar refractivity (Wildman–Crippen MR) is 52.0 cm³/mol. The highest BCUT2D eigenvalue weighted by Gasteiger charge is 2.15. The van der Waals surface area contributed by atoms with Gasteiger partial charge in [0.1, 0.15) is 5.82 Å². The molecular weight excluding hydrogens is 207 g/mol. The van der Waals surface area contributed by atoms with Crippen LogP contribution in [-0.4, -0.2) is 13.1 Å². The van der Waals surface area contributed by atoms with Gasteiger partial charge < -0.3 is 4.74 Å². The Kier molecular flexibility index (Phi) is 3.47. The van der Waals surface area contributed by atoms with Crippen molar-refractivity contribution in [2.75, 3.05) is 7.11 Å². The number of ether oxygens (including phenoxy) is 1. The molecule has 0 bridgehead atoms. The molecule has 1 rings (SSSR count). The molecule has 0 fully saturated rings. The number of aryl methyl sites for hydroxylation is 1. The Bertz CT molecular complexity index is 363. The molecule has 0 amide bonds. The zero-order chi connectivity index (χ0) is 10.7. The fraction of sp³-hybridized carbons (Fsp3) is 0.300. The molecule has 0 saturated heterocycles. The average Bonchev–Trinajstić information content (AvgIpc) is 2.15. The molecule has 0 spiro atoms. The Balaban J connectivity index is 3.32. The van der Waals surface area contributed by atoms with Crippen LogP contribution in [0.2, 0.25) is 0 Å². The predicted octanol–water partition coefficient (Wildman–Crippen LogP) is 2.66. The molecule has 1 aromatic carbocycles. The minimum atomic E-state index is -0.566. The molecule has 0 aliphatic heterocycles. The quantitative estimate of drug-likeness (QED) is 0.561. The van der Waals surface area contributed by atoms with Crippen molar-refractivity contribution < 1.29 is 13.9 Å². The van der Waals surface area contributed by atoms with Crippen LogP contribution in [0, 0.1) is 12.7 Å². The Morgan fingerprint density at radius 2 is 2.21 bits per heavy atom. The maximum atomic E-state index is 13.3. The summed E-state index contributed by atoms with van der Waals surface area (Å²) in [6.45, 7) is 1.70. The summed E-state index contributed by atoms with van der Waals surface area (Å²) in [4.78, 5) is 11.3. The van der Waals surface area contributed by atoms with Crippen LogP contribution in [0.25, 0.3) is 0 Å². The van der Waals surface area contributed by atoms with Crippen LogP contribution < -0.4 is 0 Å². The Morgan fingerprint density at radius 1 is 1.57 bits per heavy atom. The van der Waals surface area contributed by atoms with Crippen molar-refractivity contribution in [3.05, 3.63) is 34.6 Å². The standard InChI is InChI=1S/C10H10ClFO2/c1-6-3-7(10(13)14-2)8(5-11)9(12)4-6/h3-4H,5H2,1-2H3. The second-order valence-corrected chi connectivity index (χ2v) is 3.17. The van der Waals surface area contributed by atoms with Crippen molar-refractivity contribution in [3.8, 4) is 0 Å². The minimum Gasteiger partial charge on any atom is -0.465 e. The van der Waals surface area contributed by atoms with Crippen LogP contribution in [0.4, 0.5) is 4.39 Å². The summed E-state index contributed by atoms with van der Waals surface area (Å²) in [6, 6.07) is 2.90. The molecule has 0 aliphatic rings. The van der Waals surface area contributed by atoms with Crippen molar-refractivity contribution >= 4 is 17.6 Å². The molecule has 14 heavy (non-hydrogen) atoms. The molecule has 0 radical (unpaired) electrons. The van der Waals surface area contributed by atoms with Gasteiger partial charge >= 0.3 is 5.97 Å². The van der Waals surface area contributed by atoms with Crippen LogP contribution in [0.15, 0.2) is 12.1 Å². The third-order valence-corrected chi connectivity index (χ3v) is 2.15. The van der Waals surface area contributed by atoms with Gasteiger partial charge in [-0.05, 0) is 24.6 Å². The molecule has 0 heterocycles. The van der Waals surface area contributed by atoms with Gasteiger partial charge in [0.15, 0.2) is 0 Å². The first kappa shape index (κ1) is 11.0. The maximum absolute atomic E-state index is 13.3. The van der Waals surface area contributed by atoms with Crippen molar-refractivity contribution in [1.82, 2.24) is 0 Å². The summed E-state index contributed by atoms with van der Waals surface area (Å²) in [6.07, 6.45) is 0. The molecule has 0 aromatic heterocycles. The number of carbonyl (C=O) groups is 1. The number of esters is 1. The number of methoxy groups -OCH3 is 1. The molecule has 2 nitrogen and oxygen atoms in total. The van der Waals surface area contributed by atoms with E-state index >= 15 is 0 Å². The molecule has 0 aliphatic carbocycles. The van der Waals surface area contributed by atoms with Gasteiger partial charge in [-0.2, -0.15) is 0 Å². The van der Waals surface area contributed by atoms with Crippen molar-refractivity contribution in [2.24, 2.45) is 0 Å². The Morgan fingerprint density at radius 3 is 2.71 bits per heavy atom. The SMILES string of the molecule is COC(=O)c1cc(C)cc(F)c1CCl. The lowest BCUT2D eigenvalue weighted by Gasteiger charge is -2.07. The molecule has 0 unspecified atom stereocenters. The molecule has 0 atom stereocenters. The monoisotopic (exact) mass is 216 g/mol. The number of alkyl halides is 1. The van der Waals surface area contributed by atoms with E-state index in [9.17, 15) is 9.18 Å². The van der Waals surface area contributed by atoms with E-state index in [4.69, 9.17) is 11.6 Å². The first-order valence-corrected chi connectivity index (χ1v) is 4.57. The average molecular weight is 217 g/mol. The van der Waals surface area contributed by atoms with E-state index in [2.05, 4.69) is 4.74 Å². The second kappa shape index (κ2) is 4.42. The largest absolute Gasteiger partial charge is 0.465 e. The summed E-state index contributed by atoms with van der Waals surface area (Å²) in [5, 5.41) is 0. The normalized spacial score (nSPS) is 10.0. The van der Waals surface area contributed by atoms with E-state index in [1.165, 1.54) is 13.2 Å². The number of carbonyl (C=O) groups excluding carboxylic acids is 1. The molecule has 0 saturated carbocycles. The van der Waals surface area contributed by atoms with Crippen molar-refractivity contribution in [1.29, 1.82) is 0 Å². The summed E-state index contributed by atoms with van der Waals surface area (Å²) in [5.41, 5.74) is 1.04. The highest BCUT2D eigenvalue weighted by atomic mass is 35.5. The minimum absolute atomic E-state index is 0.0451. The molecule has 0 N–H and O–H groups in total. The van der Waals surface area contributed by atoms with E-state index < -0.39 is 11.8 Å². The lowest BCUT2D eigenvalue weighted by atomic mass is 10.1. The number of rotatable bonds is 2. The highest BCUT2D eigenvalue weighted by Crippen LogP contribution is 2.19. The third kappa shape index (κ3) is 2.04. The maximum Gasteiger partial charge on any atom is 0.338 e. The fourth-order valence-electron chi connectivity index (χ4n) is 1.20. The first-order chi connectivity index (χ1) is 6.60. The fourth-order valence-corrected chi connectivity index (χ4v) is 1.47. The molecular formula is C10H10ClFO2. The molecule has 1 aromatic rings. The van der Waals surface area contributed by atoms with Crippen LogP contribution in [0.5, 0.6) is 0 Å². The first-order valence-electron chi connectivity index (χ1n) is 4.03. The van der Waals surface area contributed by atoms with Crippen LogP contribution in [0.1, 0.15) is 21.5 Å². The third-order valence-electron chi connectivity index (χ3n) is 1.88. The lowest BCUT2D eigenvalue weighted by molar-refractivity contribution is 0.0599. The number of benzene rings is 1. The van der Waals surface area contributed by atoms with Gasteiger partial charge in [-0.15, -0.1) is 11.6 Å². The number of hydrogen-bond donors (Lipinski definition) is 0. The van der Waals surface area contributed by atoms with Gasteiger partial charge in [0.05, 0.1) is 18.6 Å². The molecule has 76 valence electrons.